The van der Waals surface area contributed by atoms with Gasteiger partial charge in [0, 0.05) is 55.3 Å². The maximum Gasteiger partial charge on any atom is 0.453 e. The summed E-state index contributed by atoms with van der Waals surface area (Å²) >= 11 is 0. The summed E-state index contributed by atoms with van der Waals surface area (Å²) in [5.74, 6) is 2.44. The third kappa shape index (κ3) is 11.9. The van der Waals surface area contributed by atoms with E-state index in [1.165, 1.54) is 0 Å². The van der Waals surface area contributed by atoms with Crippen molar-refractivity contribution in [2.24, 2.45) is 0 Å². The first-order valence-electron chi connectivity index (χ1n) is 28.1. The SMILES string of the molecule is Oc1ccc2ccccc2c1-c1c(O)ccc2ccccc12.Oc1ccc2ccccc2c1-c1c(Op2oc3ccccc3c3ccccc3o2)ccc2ccccc12.Oc1ccccc1-c1ccccc1O.Oc1ccccc1-c1ccccc1OP. The highest BCUT2D eigenvalue weighted by molar-refractivity contribution is 7.32. The fourth-order valence-corrected chi connectivity index (χ4v) is 12.2. The molecule has 0 aliphatic rings. The molecule has 6 N–H and O–H groups in total. The van der Waals surface area contributed by atoms with Crippen LogP contribution in [0.2, 0.25) is 0 Å². The standard InChI is InChI=1S/C32H21O4P.C20H14O2.C12H11O2P.C12H10O2/c33-27-19-17-21-9-1-3-11-23(21)31(27)32-24-12-4-2-10-22(24)18-20-30(32)36-37-34-28-15-7-5-13-25(28)26-14-6-8-16-29(26)35-37;21-17-11-9-13-5-1-3-7-15(13)19(17)20-16-8-4-2-6-14(16)10-12-18(20)22;13-11-7-3-1-5-9(11)10-6-2-4-8-12(10)14-15;13-11-7-3-1-5-9(11)10-6-2-4-8-12(10)14/h1-20,33H;1-12,21-22H;1-8,13H,15H2;1-8,13-14H. The molecule has 0 radical (unpaired) electrons. The molecule has 0 saturated heterocycles. The van der Waals surface area contributed by atoms with E-state index in [0.29, 0.717) is 39.2 Å². The Kier molecular flexibility index (Phi) is 16.9. The number of aromatic hydroxyl groups is 6. The van der Waals surface area contributed by atoms with Gasteiger partial charge in [0.1, 0.15) is 57.2 Å². The van der Waals surface area contributed by atoms with Gasteiger partial charge in [0.2, 0.25) is 0 Å². The highest BCUT2D eigenvalue weighted by atomic mass is 31.1. The number of rotatable bonds is 7. The number of hydrogen-bond donors (Lipinski definition) is 6. The maximum absolute atomic E-state index is 11.1. The van der Waals surface area contributed by atoms with E-state index in [4.69, 9.17) is 17.4 Å². The molecule has 1 heterocycles. The number of benzene rings is 14. The van der Waals surface area contributed by atoms with E-state index in [-0.39, 0.29) is 34.5 Å². The van der Waals surface area contributed by atoms with Crippen LogP contribution in [0.4, 0.5) is 0 Å². The van der Waals surface area contributed by atoms with Crippen molar-refractivity contribution in [3.63, 3.8) is 0 Å². The van der Waals surface area contributed by atoms with Gasteiger partial charge in [0.05, 0.1) is 9.47 Å². The highest BCUT2D eigenvalue weighted by Crippen LogP contribution is 2.49. The van der Waals surface area contributed by atoms with Crippen molar-refractivity contribution < 1.29 is 48.1 Å². The van der Waals surface area contributed by atoms with E-state index >= 15 is 0 Å². The molecule has 88 heavy (non-hydrogen) atoms. The van der Waals surface area contributed by atoms with Crippen LogP contribution in [0.25, 0.3) is 110 Å². The molecule has 0 bridgehead atoms. The Morgan fingerprint density at radius 2 is 0.545 bits per heavy atom. The van der Waals surface area contributed by atoms with Crippen molar-refractivity contribution in [2.45, 2.75) is 0 Å². The molecule has 1 aromatic heterocycles. The Morgan fingerprint density at radius 3 is 0.943 bits per heavy atom. The Bertz CT molecular complexity index is 4880. The molecule has 14 aromatic carbocycles. The molecule has 12 heteroatoms. The minimum atomic E-state index is -1.84. The monoisotopic (exact) mass is 1190 g/mol. The van der Waals surface area contributed by atoms with Crippen molar-refractivity contribution >= 4 is 82.7 Å². The zero-order valence-corrected chi connectivity index (χ0v) is 49.1. The average molecular weight is 1190 g/mol. The number of phenols is 6. The van der Waals surface area contributed by atoms with E-state index in [1.807, 2.05) is 218 Å². The lowest BCUT2D eigenvalue weighted by Gasteiger charge is -2.16. The molecule has 0 saturated carbocycles. The topological polar surface area (TPSA) is 166 Å². The lowest BCUT2D eigenvalue weighted by molar-refractivity contribution is 0.469. The third-order valence-electron chi connectivity index (χ3n) is 15.0. The van der Waals surface area contributed by atoms with Gasteiger partial charge in [-0.3, -0.25) is 0 Å². The molecule has 0 aliphatic carbocycles. The summed E-state index contributed by atoms with van der Waals surface area (Å²) in [4.78, 5) is 0. The van der Waals surface area contributed by atoms with Gasteiger partial charge in [0.25, 0.3) is 0 Å². The summed E-state index contributed by atoms with van der Waals surface area (Å²) in [5, 5.41) is 70.7. The van der Waals surface area contributed by atoms with E-state index in [1.54, 1.807) is 66.7 Å². The quantitative estimate of drug-likeness (QED) is 0.0846. The summed E-state index contributed by atoms with van der Waals surface area (Å²) in [6.45, 7) is 0. The minimum absolute atomic E-state index is 0.172. The number of fused-ring (bicyclic) bond motifs is 7. The Labute approximate surface area is 509 Å². The number of phenolic OH excluding ortho intramolecular Hbond substituents is 6. The predicted molar refractivity (Wildman–Crippen MR) is 360 cm³/mol. The molecule has 430 valence electrons. The number of hydrogen-bond acceptors (Lipinski definition) is 10. The van der Waals surface area contributed by atoms with Crippen molar-refractivity contribution in [1.82, 2.24) is 0 Å². The maximum atomic E-state index is 11.1. The Morgan fingerprint density at radius 1 is 0.250 bits per heavy atom. The lowest BCUT2D eigenvalue weighted by Crippen LogP contribution is -1.90. The van der Waals surface area contributed by atoms with Crippen LogP contribution in [0.5, 0.6) is 46.0 Å². The molecule has 15 aromatic rings. The van der Waals surface area contributed by atoms with Crippen molar-refractivity contribution in [3.05, 3.63) is 291 Å². The molecule has 1 unspecified atom stereocenters. The summed E-state index contributed by atoms with van der Waals surface area (Å²) in [7, 11) is 0.368. The van der Waals surface area contributed by atoms with Crippen molar-refractivity contribution in [1.29, 1.82) is 0 Å². The fraction of sp³-hybridized carbons (Fsp3) is 0. The van der Waals surface area contributed by atoms with Crippen LogP contribution >= 0.6 is 17.7 Å². The third-order valence-corrected chi connectivity index (χ3v) is 16.3. The molecular formula is C76H56O10P2. The molecule has 0 fully saturated rings. The van der Waals surface area contributed by atoms with Gasteiger partial charge in [0.15, 0.2) is 0 Å². The second kappa shape index (κ2) is 26.0. The van der Waals surface area contributed by atoms with Gasteiger partial charge in [-0.2, -0.15) is 0 Å². The van der Waals surface area contributed by atoms with Crippen LogP contribution in [0.15, 0.2) is 300 Å². The zero-order chi connectivity index (χ0) is 60.5. The minimum Gasteiger partial charge on any atom is -0.507 e. The second-order valence-corrected chi connectivity index (χ2v) is 21.6. The highest BCUT2D eigenvalue weighted by Gasteiger charge is 2.21. The van der Waals surface area contributed by atoms with Gasteiger partial charge in [-0.25, -0.2) is 0 Å². The summed E-state index contributed by atoms with van der Waals surface area (Å²) in [6.07, 6.45) is 0. The molecule has 10 nitrogen and oxygen atoms in total. The molecule has 0 spiro atoms. The van der Waals surface area contributed by atoms with Crippen LogP contribution in [0.3, 0.4) is 0 Å². The van der Waals surface area contributed by atoms with Crippen LogP contribution in [-0.4, -0.2) is 30.6 Å². The smallest absolute Gasteiger partial charge is 0.453 e. The summed E-state index contributed by atoms with van der Waals surface area (Å²) < 4.78 is 24.4. The molecule has 0 amide bonds. The zero-order valence-electron chi connectivity index (χ0n) is 47.1. The Balaban J connectivity index is 0.000000125. The van der Waals surface area contributed by atoms with E-state index < -0.39 is 8.24 Å². The fourth-order valence-electron chi connectivity index (χ4n) is 10.9. The first-order valence-corrected chi connectivity index (χ1v) is 29.7. The molecule has 15 rings (SSSR count). The van der Waals surface area contributed by atoms with Crippen molar-refractivity contribution in [2.75, 3.05) is 0 Å². The van der Waals surface area contributed by atoms with Gasteiger partial charge in [-0.1, -0.05) is 231 Å². The second-order valence-electron chi connectivity index (χ2n) is 20.4. The Hall–Kier alpha value is -11.2. The largest absolute Gasteiger partial charge is 0.507 e. The molecule has 1 atom stereocenters. The average Bonchev–Trinajstić information content (AvgIpc) is 4.00. The van der Waals surface area contributed by atoms with E-state index in [2.05, 4.69) is 15.5 Å². The first-order chi connectivity index (χ1) is 43.1. The van der Waals surface area contributed by atoms with Crippen LogP contribution < -0.4 is 9.05 Å². The van der Waals surface area contributed by atoms with Gasteiger partial charge in [-0.05, 0) is 104 Å². The van der Waals surface area contributed by atoms with E-state index in [0.717, 1.165) is 81.9 Å². The van der Waals surface area contributed by atoms with Crippen LogP contribution in [-0.2, 0) is 0 Å². The first kappa shape index (κ1) is 57.3. The van der Waals surface area contributed by atoms with Crippen LogP contribution in [0, 0.1) is 0 Å². The van der Waals surface area contributed by atoms with Gasteiger partial charge >= 0.3 is 8.24 Å². The lowest BCUT2D eigenvalue weighted by atomic mass is 9.92. The van der Waals surface area contributed by atoms with Crippen molar-refractivity contribution in [3.8, 4) is 90.5 Å². The molecular weight excluding hydrogens is 1130 g/mol. The predicted octanol–water partition coefficient (Wildman–Crippen LogP) is 20.9. The van der Waals surface area contributed by atoms with E-state index in [9.17, 15) is 30.6 Å². The molecule has 0 aliphatic heterocycles. The van der Waals surface area contributed by atoms with Crippen LogP contribution in [0.1, 0.15) is 0 Å². The van der Waals surface area contributed by atoms with Gasteiger partial charge in [-0.15, -0.1) is 0 Å². The number of para-hydroxylation sites is 6. The van der Waals surface area contributed by atoms with Gasteiger partial charge < -0.3 is 48.1 Å². The normalized spacial score (nSPS) is 10.8. The summed E-state index contributed by atoms with van der Waals surface area (Å²) in [5.41, 5.74) is 7.21. The summed E-state index contributed by atoms with van der Waals surface area (Å²) in [6, 6.07) is 91.0.